The smallest absolute Gasteiger partial charge is 0.382 e. The number of primary amides is 1. The predicted octanol–water partition coefficient (Wildman–Crippen LogP) is 4.62. The zero-order chi connectivity index (χ0) is 27.9. The highest BCUT2D eigenvalue weighted by molar-refractivity contribution is 6.07. The van der Waals surface area contributed by atoms with Crippen LogP contribution in [0.15, 0.2) is 55.0 Å². The van der Waals surface area contributed by atoms with Crippen LogP contribution in [0.25, 0.3) is 16.6 Å². The van der Waals surface area contributed by atoms with Gasteiger partial charge in [0.15, 0.2) is 5.82 Å². The molecule has 1 atom stereocenters. The van der Waals surface area contributed by atoms with Crippen LogP contribution in [0.5, 0.6) is 0 Å². The molecule has 4 aromatic rings. The number of pyridine rings is 1. The van der Waals surface area contributed by atoms with Crippen molar-refractivity contribution in [2.75, 3.05) is 17.2 Å². The Morgan fingerprint density at radius 3 is 2.51 bits per heavy atom. The average Bonchev–Trinajstić information content (AvgIpc) is 3.30. The summed E-state index contributed by atoms with van der Waals surface area (Å²) in [7, 11) is 0. The third-order valence-corrected chi connectivity index (χ3v) is 6.78. The Morgan fingerprint density at radius 1 is 1.10 bits per heavy atom. The lowest BCUT2D eigenvalue weighted by molar-refractivity contribution is -0.141. The van der Waals surface area contributed by atoms with Gasteiger partial charge in [-0.05, 0) is 56.0 Å². The number of carbonyl (C=O) groups is 2. The van der Waals surface area contributed by atoms with E-state index >= 15 is 0 Å². The first-order chi connectivity index (χ1) is 18.6. The number of carbonyl (C=O) groups excluding carboxylic acids is 2. The third-order valence-electron chi connectivity index (χ3n) is 6.78. The van der Waals surface area contributed by atoms with E-state index in [1.165, 1.54) is 29.0 Å². The molecular weight excluding hydrogens is 513 g/mol. The van der Waals surface area contributed by atoms with Crippen molar-refractivity contribution in [3.63, 3.8) is 0 Å². The lowest BCUT2D eigenvalue weighted by atomic mass is 9.98. The van der Waals surface area contributed by atoms with E-state index in [0.29, 0.717) is 28.8 Å². The predicted molar refractivity (Wildman–Crippen MR) is 138 cm³/mol. The van der Waals surface area contributed by atoms with Gasteiger partial charge in [0.2, 0.25) is 0 Å². The number of alkyl halides is 3. The van der Waals surface area contributed by atoms with E-state index in [9.17, 15) is 22.8 Å². The van der Waals surface area contributed by atoms with Crippen molar-refractivity contribution in [3.8, 4) is 11.1 Å². The molecule has 3 amide bonds. The van der Waals surface area contributed by atoms with Gasteiger partial charge in [-0.3, -0.25) is 4.79 Å². The summed E-state index contributed by atoms with van der Waals surface area (Å²) in [5, 5.41) is 4.22. The van der Waals surface area contributed by atoms with Gasteiger partial charge in [0.25, 0.3) is 5.91 Å². The van der Waals surface area contributed by atoms with Gasteiger partial charge in [-0.1, -0.05) is 18.2 Å². The number of anilines is 3. The van der Waals surface area contributed by atoms with Gasteiger partial charge in [-0.15, -0.1) is 0 Å². The highest BCUT2D eigenvalue weighted by Gasteiger charge is 2.33. The molecule has 4 heterocycles. The molecule has 13 heteroatoms. The number of halogens is 3. The zero-order valence-corrected chi connectivity index (χ0v) is 20.9. The lowest BCUT2D eigenvalue weighted by Gasteiger charge is -2.33. The van der Waals surface area contributed by atoms with Crippen LogP contribution < -0.4 is 16.4 Å². The average molecular weight is 539 g/mol. The van der Waals surface area contributed by atoms with E-state index in [1.807, 2.05) is 11.8 Å². The fourth-order valence-electron chi connectivity index (χ4n) is 4.90. The number of nitrogen functional groups attached to an aromatic ring is 1. The second kappa shape index (κ2) is 9.89. The van der Waals surface area contributed by atoms with Gasteiger partial charge < -0.3 is 16.4 Å². The summed E-state index contributed by atoms with van der Waals surface area (Å²) in [6.45, 7) is 2.64. The van der Waals surface area contributed by atoms with Gasteiger partial charge in [0, 0.05) is 24.3 Å². The Morgan fingerprint density at radius 2 is 1.85 bits per heavy atom. The first-order valence-corrected chi connectivity index (χ1v) is 12.2. The molecule has 0 saturated carbocycles. The van der Waals surface area contributed by atoms with Crippen molar-refractivity contribution in [2.45, 2.75) is 38.4 Å². The number of aromatic nitrogens is 4. The number of rotatable bonds is 4. The van der Waals surface area contributed by atoms with Crippen LogP contribution in [0.2, 0.25) is 0 Å². The monoisotopic (exact) mass is 538 g/mol. The maximum Gasteiger partial charge on any atom is 0.433 e. The van der Waals surface area contributed by atoms with Crippen LogP contribution in [0, 0.1) is 0 Å². The van der Waals surface area contributed by atoms with Crippen molar-refractivity contribution in [3.05, 3.63) is 66.2 Å². The van der Waals surface area contributed by atoms with E-state index < -0.39 is 17.9 Å². The summed E-state index contributed by atoms with van der Waals surface area (Å²) >= 11 is 0. The van der Waals surface area contributed by atoms with E-state index in [4.69, 9.17) is 11.5 Å². The Labute approximate surface area is 221 Å². The normalized spacial score (nSPS) is 15.9. The first-order valence-electron chi connectivity index (χ1n) is 12.2. The molecule has 1 aliphatic rings. The fraction of sp³-hybridized carbons (Fsp3) is 0.269. The molecule has 39 heavy (non-hydrogen) atoms. The van der Waals surface area contributed by atoms with E-state index in [0.717, 1.165) is 36.3 Å². The summed E-state index contributed by atoms with van der Waals surface area (Å²) < 4.78 is 41.1. The van der Waals surface area contributed by atoms with E-state index in [2.05, 4.69) is 15.1 Å². The highest BCUT2D eigenvalue weighted by atomic mass is 19.4. The van der Waals surface area contributed by atoms with Crippen LogP contribution in [-0.2, 0) is 6.18 Å². The minimum Gasteiger partial charge on any atom is -0.382 e. The first kappa shape index (κ1) is 25.9. The number of amides is 3. The standard InChI is InChI=1S/C26H25F3N8O2/c1-15-5-2-3-12-35(15)24(38)18-13-36-22(23(30)32-14-33-36)21(18)16-8-10-17(11-9-16)37(25(31)39)20-7-4-6-19(34-20)26(27,28)29/h4,6-11,13-15H,2-3,5,12H2,1H3,(H2,31,39)(H2,30,32,33). The van der Waals surface area contributed by atoms with Crippen molar-refractivity contribution < 1.29 is 22.8 Å². The Kier molecular flexibility index (Phi) is 6.58. The molecule has 0 radical (unpaired) electrons. The van der Waals surface area contributed by atoms with Crippen LogP contribution in [0.4, 0.5) is 35.3 Å². The van der Waals surface area contributed by atoms with Crippen LogP contribution in [0.1, 0.15) is 42.2 Å². The number of nitrogens with two attached hydrogens (primary N) is 2. The molecule has 0 spiro atoms. The maximum atomic E-state index is 13.7. The van der Waals surface area contributed by atoms with E-state index in [-0.39, 0.29) is 29.3 Å². The van der Waals surface area contributed by atoms with Crippen molar-refractivity contribution in [1.29, 1.82) is 0 Å². The zero-order valence-electron chi connectivity index (χ0n) is 20.9. The van der Waals surface area contributed by atoms with Gasteiger partial charge in [-0.25, -0.2) is 24.2 Å². The molecule has 5 rings (SSSR count). The minimum atomic E-state index is -4.70. The third kappa shape index (κ3) is 4.82. The number of piperidine rings is 1. The number of nitrogens with zero attached hydrogens (tertiary/aromatic N) is 6. The maximum absolute atomic E-state index is 13.7. The summed E-state index contributed by atoms with van der Waals surface area (Å²) in [5.41, 5.74) is 12.6. The quantitative estimate of drug-likeness (QED) is 0.389. The molecule has 1 unspecified atom stereocenters. The summed E-state index contributed by atoms with van der Waals surface area (Å²) in [6, 6.07) is 8.50. The Hall–Kier alpha value is -4.68. The van der Waals surface area contributed by atoms with Gasteiger partial charge >= 0.3 is 12.2 Å². The fourth-order valence-corrected chi connectivity index (χ4v) is 4.90. The summed E-state index contributed by atoms with van der Waals surface area (Å²) in [4.78, 5) is 36.3. The number of urea groups is 1. The number of hydrogen-bond donors (Lipinski definition) is 2. The summed E-state index contributed by atoms with van der Waals surface area (Å²) in [5.74, 6) is -0.285. The Balaban J connectivity index is 1.59. The van der Waals surface area contributed by atoms with Crippen molar-refractivity contribution >= 4 is 34.8 Å². The van der Waals surface area contributed by atoms with E-state index in [1.54, 1.807) is 18.3 Å². The number of fused-ring (bicyclic) bond motifs is 1. The molecule has 4 N–H and O–H groups in total. The number of benzene rings is 1. The lowest BCUT2D eigenvalue weighted by Crippen LogP contribution is -2.42. The van der Waals surface area contributed by atoms with Gasteiger partial charge in [0.1, 0.15) is 23.4 Å². The minimum absolute atomic E-state index is 0.0667. The van der Waals surface area contributed by atoms with Gasteiger partial charge in [-0.2, -0.15) is 18.3 Å². The second-order valence-electron chi connectivity index (χ2n) is 9.30. The van der Waals surface area contributed by atoms with Gasteiger partial charge in [0.05, 0.1) is 11.3 Å². The second-order valence-corrected chi connectivity index (χ2v) is 9.30. The van der Waals surface area contributed by atoms with Crippen molar-refractivity contribution in [2.24, 2.45) is 5.73 Å². The SMILES string of the molecule is CC1CCCCN1C(=O)c1cn2ncnc(N)c2c1-c1ccc(N(C(N)=O)c2cccc(C(F)(F)F)n2)cc1. The molecule has 202 valence electrons. The van der Waals surface area contributed by atoms with Crippen molar-refractivity contribution in [1.82, 2.24) is 24.5 Å². The molecule has 0 bridgehead atoms. The molecule has 0 aliphatic carbocycles. The molecular formula is C26H25F3N8O2. The molecule has 1 aromatic carbocycles. The molecule has 1 fully saturated rings. The Bertz CT molecular complexity index is 1550. The molecule has 3 aromatic heterocycles. The topological polar surface area (TPSA) is 136 Å². The molecule has 10 nitrogen and oxygen atoms in total. The number of hydrogen-bond acceptors (Lipinski definition) is 6. The van der Waals surface area contributed by atoms with Crippen LogP contribution >= 0.6 is 0 Å². The van der Waals surface area contributed by atoms with Crippen LogP contribution in [0.3, 0.4) is 0 Å². The molecule has 1 saturated heterocycles. The van der Waals surface area contributed by atoms with Crippen LogP contribution in [-0.4, -0.2) is 49.0 Å². The number of likely N-dealkylation sites (tertiary alicyclic amines) is 1. The molecule has 1 aliphatic heterocycles. The summed E-state index contributed by atoms with van der Waals surface area (Å²) in [6.07, 6.45) is 1.06. The highest BCUT2D eigenvalue weighted by Crippen LogP contribution is 2.36. The largest absolute Gasteiger partial charge is 0.433 e.